The average molecular weight is 513 g/mol. The van der Waals surface area contributed by atoms with Crippen molar-refractivity contribution in [3.05, 3.63) is 84.9 Å². The quantitative estimate of drug-likeness (QED) is 0.299. The Kier molecular flexibility index (Phi) is 6.31. The molecule has 0 fully saturated rings. The number of nitrogens with one attached hydrogen (secondary N) is 2. The molecule has 0 amide bonds. The highest BCUT2D eigenvalue weighted by atomic mass is 32.2. The number of rotatable bonds is 7. The molecule has 5 aromatic rings. The number of aromatic nitrogens is 2. The van der Waals surface area contributed by atoms with Gasteiger partial charge in [-0.1, -0.05) is 36.4 Å². The van der Waals surface area contributed by atoms with Gasteiger partial charge in [0.2, 0.25) is 5.95 Å². The van der Waals surface area contributed by atoms with Crippen LogP contribution < -0.4 is 19.8 Å². The third-order valence-corrected chi connectivity index (χ3v) is 7.47. The van der Waals surface area contributed by atoms with E-state index in [2.05, 4.69) is 20.0 Å². The third-order valence-electron chi connectivity index (χ3n) is 6.03. The first kappa shape index (κ1) is 24.3. The molecule has 2 N–H and O–H groups in total. The van der Waals surface area contributed by atoms with E-state index in [4.69, 9.17) is 0 Å². The minimum Gasteiger partial charge on any atom is -0.377 e. The molecule has 1 heterocycles. The molecule has 37 heavy (non-hydrogen) atoms. The summed E-state index contributed by atoms with van der Waals surface area (Å²) in [7, 11) is 3.95. The minimum absolute atomic E-state index is 0.233. The van der Waals surface area contributed by atoms with E-state index in [1.807, 2.05) is 86.5 Å². The average Bonchev–Trinajstić information content (AvgIpc) is 2.88. The molecular weight excluding hydrogens is 484 g/mol. The number of hydrogen-bond acceptors (Lipinski definition) is 7. The maximum atomic E-state index is 13.3. The van der Waals surface area contributed by atoms with Crippen molar-refractivity contribution in [2.24, 2.45) is 0 Å². The molecule has 0 saturated carbocycles. The van der Waals surface area contributed by atoms with Crippen LogP contribution in [-0.4, -0.2) is 46.6 Å². The Morgan fingerprint density at radius 1 is 0.649 bits per heavy atom. The van der Waals surface area contributed by atoms with Gasteiger partial charge in [0.05, 0.1) is 10.4 Å². The lowest BCUT2D eigenvalue weighted by atomic mass is 10.1. The van der Waals surface area contributed by atoms with Crippen LogP contribution in [-0.2, 0) is 10.0 Å². The van der Waals surface area contributed by atoms with Crippen LogP contribution in [0.15, 0.2) is 89.8 Å². The molecule has 0 aliphatic heterocycles. The zero-order valence-electron chi connectivity index (χ0n) is 21.1. The number of sulfonamides is 1. The molecule has 9 heteroatoms. The molecule has 0 aliphatic rings. The van der Waals surface area contributed by atoms with Crippen molar-refractivity contribution in [2.45, 2.75) is 4.90 Å². The van der Waals surface area contributed by atoms with Gasteiger partial charge in [-0.25, -0.2) is 13.4 Å². The summed E-state index contributed by atoms with van der Waals surface area (Å²) in [6.07, 6.45) is 0. The van der Waals surface area contributed by atoms with Gasteiger partial charge in [-0.3, -0.25) is 4.72 Å². The SMILES string of the molecule is CN(C)c1nc(Nc2ccc(NS(=O)(=O)c3cccc4c(N(C)C)cccc34)cc2)nc2ccccc12. The van der Waals surface area contributed by atoms with Crippen LogP contribution in [0.1, 0.15) is 0 Å². The second-order valence-corrected chi connectivity index (χ2v) is 10.8. The Labute approximate surface area is 216 Å². The van der Waals surface area contributed by atoms with Crippen LogP contribution in [0.2, 0.25) is 0 Å². The van der Waals surface area contributed by atoms with Crippen molar-refractivity contribution in [2.75, 3.05) is 48.0 Å². The zero-order valence-corrected chi connectivity index (χ0v) is 21.9. The highest BCUT2D eigenvalue weighted by molar-refractivity contribution is 7.93. The molecule has 8 nitrogen and oxygen atoms in total. The summed E-state index contributed by atoms with van der Waals surface area (Å²) < 4.78 is 29.4. The minimum atomic E-state index is -3.81. The fraction of sp³-hybridized carbons (Fsp3) is 0.143. The molecule has 4 aromatic carbocycles. The highest BCUT2D eigenvalue weighted by Gasteiger charge is 2.19. The van der Waals surface area contributed by atoms with E-state index in [9.17, 15) is 8.42 Å². The zero-order chi connectivity index (χ0) is 26.2. The Morgan fingerprint density at radius 3 is 2.03 bits per heavy atom. The van der Waals surface area contributed by atoms with Crippen molar-refractivity contribution in [1.29, 1.82) is 0 Å². The predicted molar refractivity (Wildman–Crippen MR) is 153 cm³/mol. The van der Waals surface area contributed by atoms with Crippen LogP contribution in [0.25, 0.3) is 21.7 Å². The van der Waals surface area contributed by atoms with Crippen LogP contribution in [0.3, 0.4) is 0 Å². The molecule has 0 radical (unpaired) electrons. The van der Waals surface area contributed by atoms with Crippen molar-refractivity contribution in [3.8, 4) is 0 Å². The molecule has 188 valence electrons. The molecule has 0 saturated heterocycles. The first-order valence-electron chi connectivity index (χ1n) is 11.8. The van der Waals surface area contributed by atoms with E-state index in [0.29, 0.717) is 17.0 Å². The van der Waals surface area contributed by atoms with Gasteiger partial charge in [0.1, 0.15) is 5.82 Å². The second kappa shape index (κ2) is 9.59. The normalized spacial score (nSPS) is 11.5. The third kappa shape index (κ3) is 4.85. The topological polar surface area (TPSA) is 90.5 Å². The van der Waals surface area contributed by atoms with E-state index in [0.717, 1.165) is 33.5 Å². The standard InChI is InChI=1S/C28H28N6O2S/c1-33(2)25-13-7-11-22-21(25)10-8-14-26(22)37(35,36)32-20-17-15-19(16-18-20)29-28-30-24-12-6-5-9-23(24)27(31-28)34(3)4/h5-18,32H,1-4H3,(H,29,30,31). The van der Waals surface area contributed by atoms with Gasteiger partial charge in [0.25, 0.3) is 10.0 Å². The lowest BCUT2D eigenvalue weighted by Crippen LogP contribution is -2.14. The van der Waals surface area contributed by atoms with E-state index in [1.165, 1.54) is 0 Å². The van der Waals surface area contributed by atoms with Gasteiger partial charge < -0.3 is 15.1 Å². The lowest BCUT2D eigenvalue weighted by Gasteiger charge is -2.17. The summed E-state index contributed by atoms with van der Waals surface area (Å²) >= 11 is 0. The van der Waals surface area contributed by atoms with Gasteiger partial charge in [-0.15, -0.1) is 0 Å². The smallest absolute Gasteiger partial charge is 0.262 e. The molecule has 0 bridgehead atoms. The van der Waals surface area contributed by atoms with Gasteiger partial charge in [-0.2, -0.15) is 4.98 Å². The van der Waals surface area contributed by atoms with Crippen LogP contribution in [0.5, 0.6) is 0 Å². The summed E-state index contributed by atoms with van der Waals surface area (Å²) in [6.45, 7) is 0. The van der Waals surface area contributed by atoms with Crippen LogP contribution in [0, 0.1) is 0 Å². The Bertz CT molecular complexity index is 1700. The first-order chi connectivity index (χ1) is 17.7. The second-order valence-electron chi connectivity index (χ2n) is 9.11. The van der Waals surface area contributed by atoms with Gasteiger partial charge in [0, 0.05) is 61.4 Å². The fourth-order valence-electron chi connectivity index (χ4n) is 4.31. The maximum absolute atomic E-state index is 13.3. The fourth-order valence-corrected chi connectivity index (χ4v) is 5.59. The highest BCUT2D eigenvalue weighted by Crippen LogP contribution is 2.31. The van der Waals surface area contributed by atoms with Crippen LogP contribution in [0.4, 0.5) is 28.8 Å². The number of para-hydroxylation sites is 1. The number of benzene rings is 4. The van der Waals surface area contributed by atoms with Crippen molar-refractivity contribution < 1.29 is 8.42 Å². The molecule has 5 rings (SSSR count). The Balaban J connectivity index is 1.40. The van der Waals surface area contributed by atoms with Crippen molar-refractivity contribution in [3.63, 3.8) is 0 Å². The van der Waals surface area contributed by atoms with E-state index in [-0.39, 0.29) is 4.90 Å². The Hall–Kier alpha value is -4.37. The van der Waals surface area contributed by atoms with Crippen molar-refractivity contribution >= 4 is 60.5 Å². The number of fused-ring (bicyclic) bond motifs is 2. The molecule has 0 aliphatic carbocycles. The molecule has 1 aromatic heterocycles. The largest absolute Gasteiger partial charge is 0.377 e. The number of anilines is 5. The summed E-state index contributed by atoms with van der Waals surface area (Å²) in [5, 5.41) is 5.74. The van der Waals surface area contributed by atoms with Gasteiger partial charge >= 0.3 is 0 Å². The van der Waals surface area contributed by atoms with Gasteiger partial charge in [-0.05, 0) is 48.5 Å². The molecular formula is C28H28N6O2S. The van der Waals surface area contributed by atoms with E-state index >= 15 is 0 Å². The molecule has 0 atom stereocenters. The van der Waals surface area contributed by atoms with Crippen LogP contribution >= 0.6 is 0 Å². The summed E-state index contributed by atoms with van der Waals surface area (Å²) in [4.78, 5) is 13.4. The number of hydrogen-bond donors (Lipinski definition) is 2. The summed E-state index contributed by atoms with van der Waals surface area (Å²) in [6, 6.07) is 25.8. The molecule has 0 unspecified atom stereocenters. The first-order valence-corrected chi connectivity index (χ1v) is 13.2. The number of nitrogens with zero attached hydrogens (tertiary/aromatic N) is 4. The van der Waals surface area contributed by atoms with Crippen molar-refractivity contribution in [1.82, 2.24) is 9.97 Å². The van der Waals surface area contributed by atoms with Gasteiger partial charge in [0.15, 0.2) is 0 Å². The monoisotopic (exact) mass is 512 g/mol. The van der Waals surface area contributed by atoms with E-state index < -0.39 is 10.0 Å². The Morgan fingerprint density at radius 2 is 1.30 bits per heavy atom. The molecule has 0 spiro atoms. The summed E-state index contributed by atoms with van der Waals surface area (Å²) in [5.41, 5.74) is 2.99. The van der Waals surface area contributed by atoms with E-state index in [1.54, 1.807) is 36.4 Å². The maximum Gasteiger partial charge on any atom is 0.262 e. The predicted octanol–water partition coefficient (Wildman–Crippen LogP) is 5.46. The lowest BCUT2D eigenvalue weighted by molar-refractivity contribution is 0.602. The summed E-state index contributed by atoms with van der Waals surface area (Å²) in [5.74, 6) is 1.27.